The lowest BCUT2D eigenvalue weighted by molar-refractivity contribution is -0.146. The molecule has 0 aromatic heterocycles. The molecule has 140 valence electrons. The van der Waals surface area contributed by atoms with Crippen molar-refractivity contribution in [1.29, 1.82) is 0 Å². The third-order valence-electron chi connectivity index (χ3n) is 3.44. The van der Waals surface area contributed by atoms with E-state index in [-0.39, 0.29) is 19.1 Å². The molecule has 0 heterocycles. The quantitative estimate of drug-likeness (QED) is 0.437. The van der Waals surface area contributed by atoms with Crippen LogP contribution in [0.1, 0.15) is 46.0 Å². The first kappa shape index (κ1) is 20.8. The molecule has 0 saturated heterocycles. The molecule has 0 atom stereocenters. The molecule has 0 spiro atoms. The second kappa shape index (κ2) is 13.1. The number of unbranched alkanes of at least 4 members (excludes halogenated alkanes) is 3. The molecule has 0 aliphatic heterocycles. The Balaban J connectivity index is 2.07. The number of benzene rings is 1. The third kappa shape index (κ3) is 10.3. The molecule has 0 aliphatic rings. The van der Waals surface area contributed by atoms with E-state index < -0.39 is 5.97 Å². The molecule has 0 bridgehead atoms. The largest absolute Gasteiger partial charge is 0.494 e. The second-order valence-electron chi connectivity index (χ2n) is 5.57. The first-order chi connectivity index (χ1) is 12.2. The van der Waals surface area contributed by atoms with Gasteiger partial charge in [0.15, 0.2) is 6.61 Å². The molecule has 1 rings (SSSR count). The minimum absolute atomic E-state index is 0.00205. The Bertz CT molecular complexity index is 501. The molecule has 0 radical (unpaired) electrons. The Morgan fingerprint density at radius 2 is 1.64 bits per heavy atom. The smallest absolute Gasteiger partial charge is 0.344 e. The standard InChI is InChI=1S/C19H29NO5/c1-3-5-6-7-8-18(21)20-13-14-24-19(22)15-25-17-11-9-16(10-12-17)23-4-2/h9-12H,3-8,13-15H2,1-2H3,(H,20,21). The van der Waals surface area contributed by atoms with Crippen molar-refractivity contribution < 1.29 is 23.8 Å². The van der Waals surface area contributed by atoms with Crippen molar-refractivity contribution in [2.75, 3.05) is 26.4 Å². The van der Waals surface area contributed by atoms with Crippen molar-refractivity contribution in [2.24, 2.45) is 0 Å². The number of nitrogens with one attached hydrogen (secondary N) is 1. The lowest BCUT2D eigenvalue weighted by Gasteiger charge is -2.09. The summed E-state index contributed by atoms with van der Waals surface area (Å²) < 4.78 is 15.7. The molecule has 0 saturated carbocycles. The molecule has 0 fully saturated rings. The van der Waals surface area contributed by atoms with Gasteiger partial charge in [-0.3, -0.25) is 4.79 Å². The molecular weight excluding hydrogens is 322 g/mol. The number of hydrogen-bond donors (Lipinski definition) is 1. The fourth-order valence-electron chi connectivity index (χ4n) is 2.14. The first-order valence-corrected chi connectivity index (χ1v) is 8.93. The number of carbonyl (C=O) groups is 2. The van der Waals surface area contributed by atoms with Crippen molar-refractivity contribution in [3.63, 3.8) is 0 Å². The van der Waals surface area contributed by atoms with E-state index >= 15 is 0 Å². The SMILES string of the molecule is CCCCCCC(=O)NCCOC(=O)COc1ccc(OCC)cc1. The van der Waals surface area contributed by atoms with Crippen molar-refractivity contribution in [1.82, 2.24) is 5.32 Å². The number of amides is 1. The maximum atomic E-state index is 11.6. The fraction of sp³-hybridized carbons (Fsp3) is 0.579. The minimum Gasteiger partial charge on any atom is -0.494 e. The van der Waals surface area contributed by atoms with Crippen LogP contribution in [0.15, 0.2) is 24.3 Å². The minimum atomic E-state index is -0.467. The van der Waals surface area contributed by atoms with Crippen LogP contribution in [-0.2, 0) is 14.3 Å². The Morgan fingerprint density at radius 1 is 0.960 bits per heavy atom. The maximum absolute atomic E-state index is 11.6. The number of ether oxygens (including phenoxy) is 3. The normalized spacial score (nSPS) is 10.2. The Hall–Kier alpha value is -2.24. The summed E-state index contributed by atoms with van der Waals surface area (Å²) in [5, 5.41) is 2.74. The highest BCUT2D eigenvalue weighted by atomic mass is 16.6. The van der Waals surface area contributed by atoms with Crippen molar-refractivity contribution in [3.8, 4) is 11.5 Å². The van der Waals surface area contributed by atoms with E-state index in [4.69, 9.17) is 14.2 Å². The van der Waals surface area contributed by atoms with Gasteiger partial charge in [0, 0.05) is 6.42 Å². The molecular formula is C19H29NO5. The lowest BCUT2D eigenvalue weighted by atomic mass is 10.1. The number of rotatable bonds is 13. The predicted molar refractivity (Wildman–Crippen MR) is 95.8 cm³/mol. The highest BCUT2D eigenvalue weighted by Crippen LogP contribution is 2.17. The highest BCUT2D eigenvalue weighted by Gasteiger charge is 2.05. The van der Waals surface area contributed by atoms with Gasteiger partial charge in [0.2, 0.25) is 5.91 Å². The molecule has 1 N–H and O–H groups in total. The van der Waals surface area contributed by atoms with Crippen LogP contribution in [0.3, 0.4) is 0 Å². The summed E-state index contributed by atoms with van der Waals surface area (Å²) in [6.45, 7) is 4.94. The van der Waals surface area contributed by atoms with Crippen LogP contribution < -0.4 is 14.8 Å². The Labute approximate surface area is 149 Å². The molecule has 1 amide bonds. The second-order valence-corrected chi connectivity index (χ2v) is 5.57. The zero-order valence-electron chi connectivity index (χ0n) is 15.2. The van der Waals surface area contributed by atoms with Crippen LogP contribution in [0.5, 0.6) is 11.5 Å². The van der Waals surface area contributed by atoms with Gasteiger partial charge in [-0.25, -0.2) is 4.79 Å². The Morgan fingerprint density at radius 3 is 2.28 bits per heavy atom. The summed E-state index contributed by atoms with van der Waals surface area (Å²) in [7, 11) is 0. The van der Waals surface area contributed by atoms with Gasteiger partial charge >= 0.3 is 5.97 Å². The first-order valence-electron chi connectivity index (χ1n) is 8.93. The van der Waals surface area contributed by atoms with E-state index in [1.807, 2.05) is 6.92 Å². The van der Waals surface area contributed by atoms with Crippen LogP contribution in [-0.4, -0.2) is 38.2 Å². The molecule has 1 aromatic carbocycles. The van der Waals surface area contributed by atoms with Crippen molar-refractivity contribution in [2.45, 2.75) is 46.0 Å². The summed E-state index contributed by atoms with van der Waals surface area (Å²) in [6.07, 6.45) is 4.79. The Kier molecular flexibility index (Phi) is 10.9. The van der Waals surface area contributed by atoms with Crippen LogP contribution in [0.4, 0.5) is 0 Å². The van der Waals surface area contributed by atoms with Gasteiger partial charge in [-0.1, -0.05) is 26.2 Å². The van der Waals surface area contributed by atoms with E-state index in [0.29, 0.717) is 25.3 Å². The van der Waals surface area contributed by atoms with Gasteiger partial charge in [0.1, 0.15) is 18.1 Å². The van der Waals surface area contributed by atoms with Crippen LogP contribution in [0, 0.1) is 0 Å². The monoisotopic (exact) mass is 351 g/mol. The van der Waals surface area contributed by atoms with E-state index in [1.165, 1.54) is 0 Å². The topological polar surface area (TPSA) is 73.9 Å². The molecule has 1 aromatic rings. The highest BCUT2D eigenvalue weighted by molar-refractivity contribution is 5.75. The van der Waals surface area contributed by atoms with Gasteiger partial charge in [-0.2, -0.15) is 0 Å². The summed E-state index contributed by atoms with van der Waals surface area (Å²) in [5.74, 6) is 0.854. The molecule has 6 heteroatoms. The van der Waals surface area contributed by atoms with E-state index in [0.717, 1.165) is 31.4 Å². The third-order valence-corrected chi connectivity index (χ3v) is 3.44. The molecule has 0 unspecified atom stereocenters. The van der Waals surface area contributed by atoms with Gasteiger partial charge < -0.3 is 19.5 Å². The average molecular weight is 351 g/mol. The van der Waals surface area contributed by atoms with E-state index in [9.17, 15) is 9.59 Å². The number of esters is 1. The van der Waals surface area contributed by atoms with Crippen molar-refractivity contribution in [3.05, 3.63) is 24.3 Å². The van der Waals surface area contributed by atoms with Gasteiger partial charge in [0.25, 0.3) is 0 Å². The van der Waals surface area contributed by atoms with Crippen molar-refractivity contribution >= 4 is 11.9 Å². The number of hydrogen-bond acceptors (Lipinski definition) is 5. The number of carbonyl (C=O) groups excluding carboxylic acids is 2. The van der Waals surface area contributed by atoms with Crippen LogP contribution in [0.2, 0.25) is 0 Å². The summed E-state index contributed by atoms with van der Waals surface area (Å²) in [4.78, 5) is 23.1. The van der Waals surface area contributed by atoms with E-state index in [2.05, 4.69) is 12.2 Å². The van der Waals surface area contributed by atoms with Gasteiger partial charge in [-0.15, -0.1) is 0 Å². The summed E-state index contributed by atoms with van der Waals surface area (Å²) >= 11 is 0. The summed E-state index contributed by atoms with van der Waals surface area (Å²) in [5.41, 5.74) is 0. The fourth-order valence-corrected chi connectivity index (χ4v) is 2.14. The molecule has 25 heavy (non-hydrogen) atoms. The van der Waals surface area contributed by atoms with Crippen LogP contribution in [0.25, 0.3) is 0 Å². The zero-order valence-corrected chi connectivity index (χ0v) is 15.2. The van der Waals surface area contributed by atoms with Crippen LogP contribution >= 0.6 is 0 Å². The zero-order chi connectivity index (χ0) is 18.3. The summed E-state index contributed by atoms with van der Waals surface area (Å²) in [6, 6.07) is 7.02. The van der Waals surface area contributed by atoms with Gasteiger partial charge in [0.05, 0.1) is 13.2 Å². The maximum Gasteiger partial charge on any atom is 0.344 e. The molecule has 6 nitrogen and oxygen atoms in total. The lowest BCUT2D eigenvalue weighted by Crippen LogP contribution is -2.28. The average Bonchev–Trinajstić information content (AvgIpc) is 2.62. The molecule has 0 aliphatic carbocycles. The predicted octanol–water partition coefficient (Wildman–Crippen LogP) is 3.09. The van der Waals surface area contributed by atoms with Gasteiger partial charge in [-0.05, 0) is 37.6 Å². The van der Waals surface area contributed by atoms with E-state index in [1.54, 1.807) is 24.3 Å².